The molecule has 1 N–H and O–H groups in total. The third-order valence-electron chi connectivity index (χ3n) is 6.72. The Labute approximate surface area is 233 Å². The number of imidazole rings is 1. The van der Waals surface area contributed by atoms with Crippen molar-refractivity contribution in [2.75, 3.05) is 13.2 Å². The van der Waals surface area contributed by atoms with E-state index in [1.54, 1.807) is 41.1 Å². The van der Waals surface area contributed by atoms with E-state index in [0.717, 1.165) is 12.1 Å². The Morgan fingerprint density at radius 3 is 2.60 bits per heavy atom. The summed E-state index contributed by atoms with van der Waals surface area (Å²) in [6.45, 7) is 0.0408. The molecule has 1 atom stereocenters. The maximum atomic E-state index is 14.2. The van der Waals surface area contributed by atoms with Crippen molar-refractivity contribution in [2.45, 2.75) is 30.3 Å². The maximum Gasteiger partial charge on any atom is 0.289 e. The molecule has 0 unspecified atom stereocenters. The molecule has 1 aliphatic rings. The number of benzene rings is 3. The summed E-state index contributed by atoms with van der Waals surface area (Å²) in [5.74, 6) is -1.48. The number of halogens is 2. The van der Waals surface area contributed by atoms with Crippen LogP contribution < -0.4 is 4.74 Å². The minimum Gasteiger partial charge on any atom is -0.488 e. The summed E-state index contributed by atoms with van der Waals surface area (Å²) >= 11 is 5.48. The molecule has 1 aliphatic heterocycles. The highest BCUT2D eigenvalue weighted by Crippen LogP contribution is 2.34. The summed E-state index contributed by atoms with van der Waals surface area (Å²) in [6, 6.07) is 15.7. The SMILES string of the molecule is O=[N+]([O-])c1ccccc1S(=O)(=O)N(CCc1c[nH]c(=S)n1[C@H]1COc2c(F)cc(F)cc2C1)Cc1ccccc1. The van der Waals surface area contributed by atoms with E-state index in [1.165, 1.54) is 28.6 Å². The predicted molar refractivity (Wildman–Crippen MR) is 145 cm³/mol. The number of H-pyrrole nitrogens is 1. The van der Waals surface area contributed by atoms with Crippen LogP contribution in [0.4, 0.5) is 14.5 Å². The molecule has 4 aromatic rings. The molecule has 0 bridgehead atoms. The molecule has 208 valence electrons. The lowest BCUT2D eigenvalue weighted by Crippen LogP contribution is -2.34. The molecular weight excluding hydrogens is 562 g/mol. The van der Waals surface area contributed by atoms with E-state index < -0.39 is 43.2 Å². The first-order valence-corrected chi connectivity index (χ1v) is 14.2. The molecule has 0 spiro atoms. The second kappa shape index (κ2) is 11.3. The molecule has 40 heavy (non-hydrogen) atoms. The van der Waals surface area contributed by atoms with Gasteiger partial charge >= 0.3 is 0 Å². The number of fused-ring (bicyclic) bond motifs is 1. The number of nitrogens with zero attached hydrogens (tertiary/aromatic N) is 3. The van der Waals surface area contributed by atoms with Crippen LogP contribution in [0.2, 0.25) is 0 Å². The average molecular weight is 587 g/mol. The van der Waals surface area contributed by atoms with Crippen molar-refractivity contribution < 1.29 is 26.9 Å². The predicted octanol–water partition coefficient (Wildman–Crippen LogP) is 5.34. The second-order valence-electron chi connectivity index (χ2n) is 9.30. The molecule has 0 radical (unpaired) electrons. The number of para-hydroxylation sites is 1. The average Bonchev–Trinajstić information content (AvgIpc) is 3.31. The van der Waals surface area contributed by atoms with E-state index in [2.05, 4.69) is 4.98 Å². The molecule has 5 rings (SSSR count). The van der Waals surface area contributed by atoms with Crippen LogP contribution in [-0.2, 0) is 29.4 Å². The first-order chi connectivity index (χ1) is 19.1. The third-order valence-corrected chi connectivity index (χ3v) is 8.92. The van der Waals surface area contributed by atoms with Gasteiger partial charge in [0.25, 0.3) is 5.69 Å². The zero-order valence-electron chi connectivity index (χ0n) is 21.0. The van der Waals surface area contributed by atoms with Gasteiger partial charge in [-0.2, -0.15) is 4.31 Å². The monoisotopic (exact) mass is 586 g/mol. The van der Waals surface area contributed by atoms with E-state index in [4.69, 9.17) is 17.0 Å². The molecule has 0 fully saturated rings. The van der Waals surface area contributed by atoms with Gasteiger partial charge in [0.15, 0.2) is 21.2 Å². The summed E-state index contributed by atoms with van der Waals surface area (Å²) in [5, 5.41) is 11.6. The molecule has 3 aromatic carbocycles. The quantitative estimate of drug-likeness (QED) is 0.161. The molecular formula is C27H24F2N4O5S2. The summed E-state index contributed by atoms with van der Waals surface area (Å²) in [6.07, 6.45) is 2.11. The van der Waals surface area contributed by atoms with Gasteiger partial charge in [-0.15, -0.1) is 0 Å². The Bertz CT molecular complexity index is 1720. The lowest BCUT2D eigenvalue weighted by Gasteiger charge is -2.28. The van der Waals surface area contributed by atoms with Crippen LogP contribution in [0.1, 0.15) is 22.9 Å². The number of nitro benzene ring substituents is 1. The lowest BCUT2D eigenvalue weighted by atomic mass is 10.0. The minimum absolute atomic E-state index is 0.00541. The van der Waals surface area contributed by atoms with Crippen molar-refractivity contribution in [2.24, 2.45) is 0 Å². The maximum absolute atomic E-state index is 14.2. The van der Waals surface area contributed by atoms with Crippen molar-refractivity contribution in [3.05, 3.63) is 116 Å². The van der Waals surface area contributed by atoms with Crippen molar-refractivity contribution in [1.29, 1.82) is 0 Å². The van der Waals surface area contributed by atoms with Crippen molar-refractivity contribution in [3.8, 4) is 5.75 Å². The van der Waals surface area contributed by atoms with Crippen LogP contribution in [0.25, 0.3) is 0 Å². The number of rotatable bonds is 9. The molecule has 1 aromatic heterocycles. The second-order valence-corrected chi connectivity index (χ2v) is 11.6. The van der Waals surface area contributed by atoms with Crippen LogP contribution in [0.15, 0.2) is 77.8 Å². The number of hydrogen-bond donors (Lipinski definition) is 1. The van der Waals surface area contributed by atoms with Crippen molar-refractivity contribution in [3.63, 3.8) is 0 Å². The Hall–Kier alpha value is -3.94. The third kappa shape index (κ3) is 5.53. The number of aromatic nitrogens is 2. The van der Waals surface area contributed by atoms with Gasteiger partial charge in [-0.05, 0) is 29.9 Å². The number of nitrogens with one attached hydrogen (secondary N) is 1. The summed E-state index contributed by atoms with van der Waals surface area (Å²) in [4.78, 5) is 13.5. The summed E-state index contributed by atoms with van der Waals surface area (Å²) in [5.41, 5.74) is 1.21. The fourth-order valence-corrected chi connectivity index (χ4v) is 6.78. The number of ether oxygens (including phenoxy) is 1. The van der Waals surface area contributed by atoms with Crippen molar-refractivity contribution in [1.82, 2.24) is 13.9 Å². The van der Waals surface area contributed by atoms with E-state index >= 15 is 0 Å². The van der Waals surface area contributed by atoms with Crippen LogP contribution >= 0.6 is 12.2 Å². The summed E-state index contributed by atoms with van der Waals surface area (Å²) in [7, 11) is -4.29. The van der Waals surface area contributed by atoms with Gasteiger partial charge in [-0.3, -0.25) is 10.1 Å². The van der Waals surface area contributed by atoms with Crippen LogP contribution in [0.3, 0.4) is 0 Å². The largest absolute Gasteiger partial charge is 0.488 e. The van der Waals surface area contributed by atoms with Gasteiger partial charge in [-0.25, -0.2) is 17.2 Å². The highest BCUT2D eigenvalue weighted by atomic mass is 32.2. The van der Waals surface area contributed by atoms with Gasteiger partial charge in [0.1, 0.15) is 12.4 Å². The molecule has 9 nitrogen and oxygen atoms in total. The van der Waals surface area contributed by atoms with Gasteiger partial charge in [0.2, 0.25) is 10.0 Å². The van der Waals surface area contributed by atoms with Crippen molar-refractivity contribution >= 4 is 27.9 Å². The van der Waals surface area contributed by atoms with E-state index in [1.807, 2.05) is 0 Å². The van der Waals surface area contributed by atoms with E-state index in [0.29, 0.717) is 21.6 Å². The van der Waals surface area contributed by atoms with E-state index in [9.17, 15) is 27.3 Å². The Kier molecular flexibility index (Phi) is 7.79. The molecule has 2 heterocycles. The van der Waals surface area contributed by atoms with Gasteiger partial charge in [0.05, 0.1) is 11.0 Å². The molecule has 0 aliphatic carbocycles. The fourth-order valence-electron chi connectivity index (χ4n) is 4.87. The molecule has 0 saturated heterocycles. The molecule has 13 heteroatoms. The zero-order valence-corrected chi connectivity index (χ0v) is 22.6. The fraction of sp³-hybridized carbons (Fsp3) is 0.222. The normalized spacial score (nSPS) is 15.0. The van der Waals surface area contributed by atoms with Crippen LogP contribution in [0.5, 0.6) is 5.75 Å². The van der Waals surface area contributed by atoms with Crippen LogP contribution in [-0.4, -0.2) is 40.3 Å². The molecule has 0 saturated carbocycles. The molecule has 0 amide bonds. The Morgan fingerprint density at radius 1 is 1.12 bits per heavy atom. The first-order valence-electron chi connectivity index (χ1n) is 12.3. The topological polar surface area (TPSA) is 110 Å². The number of nitro groups is 1. The number of hydrogen-bond acceptors (Lipinski definition) is 6. The highest BCUT2D eigenvalue weighted by Gasteiger charge is 2.32. The smallest absolute Gasteiger partial charge is 0.289 e. The standard InChI is InChI=1S/C27H24F2N4O5S2/c28-20-12-19-13-22(17-38-26(19)23(29)14-20)32-21(15-30-27(32)39)10-11-31(16-18-6-2-1-3-7-18)40(36,37)25-9-5-4-8-24(25)33(34)35/h1-9,12,14-15,22H,10-11,13,16-17H2,(H,30,39)/t22-/m1/s1. The number of aromatic amines is 1. The first kappa shape index (κ1) is 27.6. The Balaban J connectivity index is 1.45. The van der Waals surface area contributed by atoms with E-state index in [-0.39, 0.29) is 38.3 Å². The highest BCUT2D eigenvalue weighted by molar-refractivity contribution is 7.89. The van der Waals surface area contributed by atoms with Gasteiger partial charge < -0.3 is 14.3 Å². The minimum atomic E-state index is -4.29. The summed E-state index contributed by atoms with van der Waals surface area (Å²) < 4.78 is 64.5. The lowest BCUT2D eigenvalue weighted by molar-refractivity contribution is -0.387. The van der Waals surface area contributed by atoms with Crippen LogP contribution in [0, 0.1) is 26.5 Å². The Morgan fingerprint density at radius 2 is 1.85 bits per heavy atom. The van der Waals surface area contributed by atoms with Gasteiger partial charge in [-0.1, -0.05) is 42.5 Å². The van der Waals surface area contributed by atoms with Gasteiger partial charge in [0, 0.05) is 55.5 Å². The zero-order chi connectivity index (χ0) is 28.4. The number of sulfonamides is 1.